The molecule has 0 bridgehead atoms. The minimum Gasteiger partial charge on any atom is -0.394 e. The lowest BCUT2D eigenvalue weighted by molar-refractivity contribution is -0.302. The highest BCUT2D eigenvalue weighted by Gasteiger charge is 2.44. The first-order valence-electron chi connectivity index (χ1n) is 33.4. The van der Waals surface area contributed by atoms with Crippen LogP contribution in [0, 0.1) is 0 Å². The van der Waals surface area contributed by atoms with Gasteiger partial charge in [0.2, 0.25) is 5.91 Å². The second-order valence-corrected chi connectivity index (χ2v) is 23.3. The molecule has 1 fully saturated rings. The molecule has 1 rings (SSSR count). The van der Waals surface area contributed by atoms with Gasteiger partial charge in [0.25, 0.3) is 0 Å². The Morgan fingerprint density at radius 1 is 0.442 bits per heavy atom. The predicted molar refractivity (Wildman–Crippen MR) is 327 cm³/mol. The zero-order chi connectivity index (χ0) is 55.8. The molecule has 9 heteroatoms. The van der Waals surface area contributed by atoms with Crippen LogP contribution >= 0.6 is 0 Å². The van der Waals surface area contributed by atoms with E-state index in [0.717, 1.165) is 44.9 Å². The number of ether oxygens (including phenoxy) is 2. The first kappa shape index (κ1) is 73.2. The maximum Gasteiger partial charge on any atom is 0.220 e. The predicted octanol–water partition coefficient (Wildman–Crippen LogP) is 17.6. The molecule has 7 unspecified atom stereocenters. The molecule has 1 amide bonds. The molecule has 0 aromatic rings. The van der Waals surface area contributed by atoms with Crippen LogP contribution in [-0.4, -0.2) is 87.5 Å². The molecule has 6 N–H and O–H groups in total. The van der Waals surface area contributed by atoms with Gasteiger partial charge in [-0.15, -0.1) is 0 Å². The van der Waals surface area contributed by atoms with Crippen LogP contribution in [0.25, 0.3) is 0 Å². The van der Waals surface area contributed by atoms with Gasteiger partial charge in [-0.05, 0) is 64.2 Å². The number of rotatable bonds is 58. The summed E-state index contributed by atoms with van der Waals surface area (Å²) in [5.74, 6) is -0.183. The summed E-state index contributed by atoms with van der Waals surface area (Å²) in [5.41, 5.74) is 0. The topological polar surface area (TPSA) is 149 Å². The van der Waals surface area contributed by atoms with E-state index in [1.54, 1.807) is 6.08 Å². The van der Waals surface area contributed by atoms with Crippen molar-refractivity contribution >= 4 is 5.91 Å². The van der Waals surface area contributed by atoms with Crippen molar-refractivity contribution in [1.29, 1.82) is 0 Å². The molecule has 7 atom stereocenters. The number of aliphatic hydroxyl groups excluding tert-OH is 5. The Bertz CT molecular complexity index is 1350. The maximum atomic E-state index is 13.1. The largest absolute Gasteiger partial charge is 0.394 e. The van der Waals surface area contributed by atoms with Crippen molar-refractivity contribution < 1.29 is 39.8 Å². The van der Waals surface area contributed by atoms with Gasteiger partial charge in [0.1, 0.15) is 24.4 Å². The molecule has 9 nitrogen and oxygen atoms in total. The Balaban J connectivity index is 2.12. The van der Waals surface area contributed by atoms with Gasteiger partial charge in [-0.25, -0.2) is 0 Å². The van der Waals surface area contributed by atoms with E-state index in [-0.39, 0.29) is 12.5 Å². The van der Waals surface area contributed by atoms with Crippen molar-refractivity contribution in [1.82, 2.24) is 5.32 Å². The Hall–Kier alpha value is -1.85. The van der Waals surface area contributed by atoms with Crippen molar-refractivity contribution in [2.75, 3.05) is 13.2 Å². The summed E-state index contributed by atoms with van der Waals surface area (Å²) in [7, 11) is 0. The van der Waals surface area contributed by atoms with Crippen LogP contribution < -0.4 is 5.32 Å². The minimum atomic E-state index is -1.57. The average molecular weight is 1090 g/mol. The third kappa shape index (κ3) is 46.5. The fourth-order valence-corrected chi connectivity index (χ4v) is 10.6. The number of unbranched alkanes of at least 4 members (excludes halogenated alkanes) is 42. The fourth-order valence-electron chi connectivity index (χ4n) is 10.6. The SMILES string of the molecule is CCCCCCCCCCCCC/C=C\C/C=C\CCCCCCCCCCCCCCCCCCCC(=O)NC(COC1OC(CO)C(O)C(O)C1O)C(O)/C=C/CC/C=C/CCCCCCCCCCCCCCC. The first-order valence-corrected chi connectivity index (χ1v) is 33.4. The van der Waals surface area contributed by atoms with E-state index in [1.165, 1.54) is 257 Å². The summed E-state index contributed by atoms with van der Waals surface area (Å²) in [6, 6.07) is -0.822. The van der Waals surface area contributed by atoms with Crippen LogP contribution in [0.15, 0.2) is 48.6 Å². The second-order valence-electron chi connectivity index (χ2n) is 23.3. The fraction of sp³-hybridized carbons (Fsp3) is 0.868. The number of allylic oxidation sites excluding steroid dienone is 7. The lowest BCUT2D eigenvalue weighted by Crippen LogP contribution is -2.60. The van der Waals surface area contributed by atoms with Gasteiger partial charge in [-0.1, -0.05) is 300 Å². The standard InChI is InChI=1S/C68H127NO8/c1-3-5-7-9-11-13-15-17-19-21-23-24-25-26-27-28-29-30-31-32-33-34-35-36-37-38-40-42-44-46-48-50-52-54-56-58-64(72)69-61(60-76-68-67(75)66(74)65(73)63(59-70)77-68)62(71)57-55-53-51-49-47-45-43-41-39-22-20-18-16-14-12-10-8-6-4-2/h25-26,28-29,47,49,55,57,61-63,65-68,70-71,73-75H,3-24,27,30-46,48,50-54,56,58-60H2,1-2H3,(H,69,72)/b26-25-,29-28-,49-47+,57-55+. The van der Waals surface area contributed by atoms with E-state index in [9.17, 15) is 30.3 Å². The van der Waals surface area contributed by atoms with Crippen molar-refractivity contribution in [3.8, 4) is 0 Å². The Kier molecular flexibility index (Phi) is 54.5. The number of hydrogen-bond donors (Lipinski definition) is 6. The Morgan fingerprint density at radius 2 is 0.779 bits per heavy atom. The Labute approximate surface area is 475 Å². The number of amides is 1. The molecule has 0 spiro atoms. The molecule has 0 radical (unpaired) electrons. The highest BCUT2D eigenvalue weighted by molar-refractivity contribution is 5.76. The van der Waals surface area contributed by atoms with Gasteiger partial charge in [-0.2, -0.15) is 0 Å². The number of nitrogens with one attached hydrogen (secondary N) is 1. The van der Waals surface area contributed by atoms with Crippen LogP contribution in [0.5, 0.6) is 0 Å². The molecule has 1 aliphatic heterocycles. The van der Waals surface area contributed by atoms with E-state index in [0.29, 0.717) is 6.42 Å². The van der Waals surface area contributed by atoms with E-state index in [4.69, 9.17) is 9.47 Å². The average Bonchev–Trinajstić information content (AvgIpc) is 3.43. The molecule has 0 aromatic carbocycles. The summed E-state index contributed by atoms with van der Waals surface area (Å²) >= 11 is 0. The molecule has 1 aliphatic rings. The van der Waals surface area contributed by atoms with Crippen molar-refractivity contribution in [2.45, 2.75) is 365 Å². The molecule has 0 aromatic heterocycles. The number of carbonyl (C=O) groups is 1. The van der Waals surface area contributed by atoms with Gasteiger partial charge in [0.05, 0.1) is 25.4 Å². The van der Waals surface area contributed by atoms with Crippen LogP contribution in [0.1, 0.15) is 322 Å². The number of hydrogen-bond acceptors (Lipinski definition) is 8. The first-order chi connectivity index (χ1) is 37.8. The smallest absolute Gasteiger partial charge is 0.220 e. The van der Waals surface area contributed by atoms with Crippen molar-refractivity contribution in [3.05, 3.63) is 48.6 Å². The zero-order valence-corrected chi connectivity index (χ0v) is 50.5. The third-order valence-corrected chi connectivity index (χ3v) is 15.9. The molecule has 1 saturated heterocycles. The highest BCUT2D eigenvalue weighted by Crippen LogP contribution is 2.23. The van der Waals surface area contributed by atoms with Crippen LogP contribution in [-0.2, 0) is 14.3 Å². The molecule has 77 heavy (non-hydrogen) atoms. The van der Waals surface area contributed by atoms with Gasteiger partial charge < -0.3 is 40.3 Å². The monoisotopic (exact) mass is 1090 g/mol. The normalized spacial score (nSPS) is 19.0. The van der Waals surface area contributed by atoms with E-state index in [1.807, 2.05) is 6.08 Å². The lowest BCUT2D eigenvalue weighted by atomic mass is 9.99. The van der Waals surface area contributed by atoms with Gasteiger partial charge in [0, 0.05) is 6.42 Å². The quantitative estimate of drug-likeness (QED) is 0.0261. The van der Waals surface area contributed by atoms with Crippen LogP contribution in [0.4, 0.5) is 0 Å². The third-order valence-electron chi connectivity index (χ3n) is 15.9. The lowest BCUT2D eigenvalue weighted by Gasteiger charge is -2.40. The van der Waals surface area contributed by atoms with Gasteiger partial charge in [0.15, 0.2) is 6.29 Å². The minimum absolute atomic E-state index is 0.183. The summed E-state index contributed by atoms with van der Waals surface area (Å²) in [5, 5.41) is 54.6. The van der Waals surface area contributed by atoms with Crippen molar-refractivity contribution in [3.63, 3.8) is 0 Å². The van der Waals surface area contributed by atoms with E-state index >= 15 is 0 Å². The molecule has 0 aliphatic carbocycles. The number of carbonyl (C=O) groups excluding carboxylic acids is 1. The van der Waals surface area contributed by atoms with Crippen LogP contribution in [0.2, 0.25) is 0 Å². The molecule has 452 valence electrons. The number of aliphatic hydroxyl groups is 5. The molecular weight excluding hydrogens is 959 g/mol. The summed E-state index contributed by atoms with van der Waals surface area (Å²) in [6.45, 7) is 3.80. The molecule has 1 heterocycles. The van der Waals surface area contributed by atoms with E-state index < -0.39 is 49.5 Å². The molecular formula is C68H127NO8. The van der Waals surface area contributed by atoms with Crippen molar-refractivity contribution in [2.24, 2.45) is 0 Å². The highest BCUT2D eigenvalue weighted by atomic mass is 16.7. The van der Waals surface area contributed by atoms with Gasteiger partial charge >= 0.3 is 0 Å². The second kappa shape index (κ2) is 57.4. The van der Waals surface area contributed by atoms with Crippen LogP contribution in [0.3, 0.4) is 0 Å². The Morgan fingerprint density at radius 3 is 1.17 bits per heavy atom. The summed E-state index contributed by atoms with van der Waals surface area (Å²) in [6.07, 6.45) is 70.7. The summed E-state index contributed by atoms with van der Waals surface area (Å²) in [4.78, 5) is 13.1. The zero-order valence-electron chi connectivity index (χ0n) is 50.5. The maximum absolute atomic E-state index is 13.1. The van der Waals surface area contributed by atoms with E-state index in [2.05, 4.69) is 55.6 Å². The molecule has 0 saturated carbocycles. The van der Waals surface area contributed by atoms with Gasteiger partial charge in [-0.3, -0.25) is 4.79 Å². The summed E-state index contributed by atoms with van der Waals surface area (Å²) < 4.78 is 11.3.